The first kappa shape index (κ1) is 16.7. The Labute approximate surface area is 135 Å². The second-order valence-corrected chi connectivity index (χ2v) is 5.83. The molecule has 0 saturated heterocycles. The van der Waals surface area contributed by atoms with Crippen molar-refractivity contribution in [1.29, 1.82) is 0 Å². The van der Waals surface area contributed by atoms with E-state index in [4.69, 9.17) is 5.73 Å². The van der Waals surface area contributed by atoms with E-state index in [0.717, 1.165) is 5.56 Å². The molecule has 2 rings (SSSR count). The maximum absolute atomic E-state index is 12.3. The number of nitrogens with zero attached hydrogens (tertiary/aromatic N) is 2. The zero-order valence-corrected chi connectivity index (χ0v) is 13.6. The van der Waals surface area contributed by atoms with Crippen LogP contribution in [0.15, 0.2) is 42.6 Å². The van der Waals surface area contributed by atoms with E-state index < -0.39 is 17.9 Å². The van der Waals surface area contributed by atoms with Gasteiger partial charge in [-0.05, 0) is 25.5 Å². The van der Waals surface area contributed by atoms with E-state index in [9.17, 15) is 9.59 Å². The molecular formula is C17H22N4O2. The molecule has 2 unspecified atom stereocenters. The quantitative estimate of drug-likeness (QED) is 0.852. The van der Waals surface area contributed by atoms with Crippen LogP contribution in [0, 0.1) is 0 Å². The van der Waals surface area contributed by atoms with E-state index in [1.54, 1.807) is 16.9 Å². The summed E-state index contributed by atoms with van der Waals surface area (Å²) >= 11 is 0. The molecule has 0 spiro atoms. The number of carbonyl (C=O) groups excluding carboxylic acids is 2. The summed E-state index contributed by atoms with van der Waals surface area (Å²) in [7, 11) is 0. The van der Waals surface area contributed by atoms with Gasteiger partial charge in [0.05, 0.1) is 0 Å². The lowest BCUT2D eigenvalue weighted by Gasteiger charge is -2.22. The van der Waals surface area contributed by atoms with Crippen LogP contribution in [0.2, 0.25) is 0 Å². The summed E-state index contributed by atoms with van der Waals surface area (Å²) in [4.78, 5) is 24.1. The van der Waals surface area contributed by atoms with Crippen molar-refractivity contribution >= 4 is 11.8 Å². The second kappa shape index (κ2) is 7.09. The van der Waals surface area contributed by atoms with Crippen LogP contribution in [0.4, 0.5) is 0 Å². The van der Waals surface area contributed by atoms with Gasteiger partial charge in [-0.2, -0.15) is 5.10 Å². The number of aromatic nitrogens is 2. The Morgan fingerprint density at radius 2 is 1.78 bits per heavy atom. The molecule has 0 aliphatic heterocycles. The van der Waals surface area contributed by atoms with Gasteiger partial charge in [0.2, 0.25) is 5.91 Å². The molecule has 1 aromatic carbocycles. The van der Waals surface area contributed by atoms with Crippen molar-refractivity contribution < 1.29 is 9.59 Å². The lowest BCUT2D eigenvalue weighted by atomic mass is 9.92. The highest BCUT2D eigenvalue weighted by Crippen LogP contribution is 2.19. The Kier molecular flexibility index (Phi) is 5.16. The van der Waals surface area contributed by atoms with Gasteiger partial charge in [0.15, 0.2) is 0 Å². The van der Waals surface area contributed by atoms with Crippen molar-refractivity contribution in [3.63, 3.8) is 0 Å². The molecule has 122 valence electrons. The van der Waals surface area contributed by atoms with Gasteiger partial charge in [-0.15, -0.1) is 0 Å². The maximum atomic E-state index is 12.3. The molecule has 6 heteroatoms. The van der Waals surface area contributed by atoms with Crippen molar-refractivity contribution in [2.24, 2.45) is 5.73 Å². The second-order valence-electron chi connectivity index (χ2n) is 5.83. The molecule has 1 aromatic heterocycles. The van der Waals surface area contributed by atoms with Crippen molar-refractivity contribution in [2.45, 2.75) is 38.8 Å². The molecule has 23 heavy (non-hydrogen) atoms. The molecule has 0 saturated carbocycles. The van der Waals surface area contributed by atoms with Crippen molar-refractivity contribution in [3.8, 4) is 0 Å². The Hall–Kier alpha value is -2.63. The number of amides is 2. The average molecular weight is 314 g/mol. The van der Waals surface area contributed by atoms with Crippen molar-refractivity contribution in [3.05, 3.63) is 53.9 Å². The fourth-order valence-corrected chi connectivity index (χ4v) is 2.35. The molecule has 3 N–H and O–H groups in total. The molecule has 6 nitrogen and oxygen atoms in total. The minimum atomic E-state index is -0.797. The molecule has 0 radical (unpaired) electrons. The summed E-state index contributed by atoms with van der Waals surface area (Å²) in [5, 5.41) is 6.90. The van der Waals surface area contributed by atoms with Crippen LogP contribution in [0.1, 0.15) is 48.8 Å². The molecule has 0 aliphatic carbocycles. The SMILES string of the molecule is CC(c1ccccc1)C(NC(=O)c1ccn(C(C)C)n1)C(N)=O. The minimum absolute atomic E-state index is 0.159. The van der Waals surface area contributed by atoms with Crippen LogP contribution in [-0.2, 0) is 4.79 Å². The number of primary amides is 1. The zero-order valence-electron chi connectivity index (χ0n) is 13.6. The third-order valence-electron chi connectivity index (χ3n) is 3.79. The van der Waals surface area contributed by atoms with E-state index in [2.05, 4.69) is 10.4 Å². The van der Waals surface area contributed by atoms with Crippen molar-refractivity contribution in [1.82, 2.24) is 15.1 Å². The van der Waals surface area contributed by atoms with E-state index in [-0.39, 0.29) is 17.7 Å². The summed E-state index contributed by atoms with van der Waals surface area (Å²) in [6.07, 6.45) is 1.74. The average Bonchev–Trinajstić information content (AvgIpc) is 3.02. The number of benzene rings is 1. The highest BCUT2D eigenvalue weighted by molar-refractivity contribution is 5.96. The van der Waals surface area contributed by atoms with E-state index in [1.165, 1.54) is 0 Å². The first-order valence-electron chi connectivity index (χ1n) is 7.60. The Balaban J connectivity index is 2.15. The standard InChI is InChI=1S/C17H22N4O2/c1-11(2)21-10-9-14(20-21)17(23)19-15(16(18)22)12(3)13-7-5-4-6-8-13/h4-12,15H,1-3H3,(H2,18,22)(H,19,23). The van der Waals surface area contributed by atoms with Gasteiger partial charge in [0.25, 0.3) is 5.91 Å². The minimum Gasteiger partial charge on any atom is -0.368 e. The first-order chi connectivity index (χ1) is 10.9. The summed E-state index contributed by atoms with van der Waals surface area (Å²) in [6, 6.07) is 10.5. The van der Waals surface area contributed by atoms with Gasteiger partial charge in [0, 0.05) is 18.2 Å². The van der Waals surface area contributed by atoms with Crippen LogP contribution < -0.4 is 11.1 Å². The zero-order chi connectivity index (χ0) is 17.0. The predicted octanol–water partition coefficient (Wildman–Crippen LogP) is 1.85. The number of hydrogen-bond donors (Lipinski definition) is 2. The van der Waals surface area contributed by atoms with Crippen molar-refractivity contribution in [2.75, 3.05) is 0 Å². The lowest BCUT2D eigenvalue weighted by Crippen LogP contribution is -2.47. The number of rotatable bonds is 6. The van der Waals surface area contributed by atoms with Gasteiger partial charge in [0.1, 0.15) is 11.7 Å². The Morgan fingerprint density at radius 1 is 1.13 bits per heavy atom. The summed E-state index contributed by atoms with van der Waals surface area (Å²) in [5.74, 6) is -1.21. The highest BCUT2D eigenvalue weighted by atomic mass is 16.2. The number of nitrogens with one attached hydrogen (secondary N) is 1. The van der Waals surface area contributed by atoms with Gasteiger partial charge in [-0.3, -0.25) is 14.3 Å². The molecular weight excluding hydrogens is 292 g/mol. The van der Waals surface area contributed by atoms with Crippen LogP contribution in [-0.4, -0.2) is 27.6 Å². The molecule has 2 atom stereocenters. The number of hydrogen-bond acceptors (Lipinski definition) is 3. The monoisotopic (exact) mass is 314 g/mol. The lowest BCUT2D eigenvalue weighted by molar-refractivity contribution is -0.120. The smallest absolute Gasteiger partial charge is 0.272 e. The molecule has 2 amide bonds. The van der Waals surface area contributed by atoms with Gasteiger partial charge < -0.3 is 11.1 Å². The molecule has 0 bridgehead atoms. The summed E-state index contributed by atoms with van der Waals surface area (Å²) < 4.78 is 1.69. The molecule has 2 aromatic rings. The molecule has 0 fully saturated rings. The topological polar surface area (TPSA) is 90.0 Å². The van der Waals surface area contributed by atoms with E-state index in [0.29, 0.717) is 0 Å². The highest BCUT2D eigenvalue weighted by Gasteiger charge is 2.27. The molecule has 1 heterocycles. The fourth-order valence-electron chi connectivity index (χ4n) is 2.35. The van der Waals surface area contributed by atoms with Gasteiger partial charge >= 0.3 is 0 Å². The Bertz CT molecular complexity index is 679. The van der Waals surface area contributed by atoms with Crippen LogP contribution in [0.5, 0.6) is 0 Å². The largest absolute Gasteiger partial charge is 0.368 e. The molecule has 0 aliphatic rings. The van der Waals surface area contributed by atoms with E-state index >= 15 is 0 Å². The Morgan fingerprint density at radius 3 is 2.30 bits per heavy atom. The number of nitrogens with two attached hydrogens (primary N) is 1. The third kappa shape index (κ3) is 3.97. The fraction of sp³-hybridized carbons (Fsp3) is 0.353. The first-order valence-corrected chi connectivity index (χ1v) is 7.60. The van der Waals surface area contributed by atoms with Gasteiger partial charge in [-0.25, -0.2) is 0 Å². The van der Waals surface area contributed by atoms with Gasteiger partial charge in [-0.1, -0.05) is 37.3 Å². The summed E-state index contributed by atoms with van der Waals surface area (Å²) in [6.45, 7) is 5.80. The number of carbonyl (C=O) groups is 2. The van der Waals surface area contributed by atoms with Crippen LogP contribution in [0.3, 0.4) is 0 Å². The van der Waals surface area contributed by atoms with E-state index in [1.807, 2.05) is 51.1 Å². The maximum Gasteiger partial charge on any atom is 0.272 e. The predicted molar refractivity (Wildman–Crippen MR) is 87.9 cm³/mol. The summed E-state index contributed by atoms with van der Waals surface area (Å²) in [5.41, 5.74) is 6.68. The third-order valence-corrected chi connectivity index (χ3v) is 3.79. The normalized spacial score (nSPS) is 13.6. The van der Waals surface area contributed by atoms with Crippen LogP contribution in [0.25, 0.3) is 0 Å². The van der Waals surface area contributed by atoms with Crippen LogP contribution >= 0.6 is 0 Å².